The van der Waals surface area contributed by atoms with Gasteiger partial charge in [-0.05, 0) is 12.8 Å². The van der Waals surface area contributed by atoms with Crippen molar-refractivity contribution in [3.63, 3.8) is 0 Å². The van der Waals surface area contributed by atoms with Gasteiger partial charge in [0.05, 0.1) is 19.4 Å². The second kappa shape index (κ2) is 10.4. The SMILES string of the molecule is C=CCCCOC(=O)CCC(=O)OCC(Cl)Cl. The number of carbonyl (C=O) groups excluding carboxylic acids is 2. The minimum Gasteiger partial charge on any atom is -0.466 e. The number of hydrogen-bond donors (Lipinski definition) is 0. The highest BCUT2D eigenvalue weighted by Crippen LogP contribution is 2.03. The van der Waals surface area contributed by atoms with Crippen molar-refractivity contribution in [1.82, 2.24) is 0 Å². The Morgan fingerprint density at radius 1 is 1.18 bits per heavy atom. The molecule has 0 aliphatic rings. The van der Waals surface area contributed by atoms with Crippen molar-refractivity contribution in [2.24, 2.45) is 0 Å². The maximum absolute atomic E-state index is 11.1. The molecule has 0 spiro atoms. The molecular formula is C11H16Cl2O4. The molecule has 0 amide bonds. The molecule has 0 saturated carbocycles. The summed E-state index contributed by atoms with van der Waals surface area (Å²) in [7, 11) is 0. The predicted molar refractivity (Wildman–Crippen MR) is 66.1 cm³/mol. The summed E-state index contributed by atoms with van der Waals surface area (Å²) in [4.78, 5) is 21.5. The van der Waals surface area contributed by atoms with E-state index in [2.05, 4.69) is 11.3 Å². The normalized spacial score (nSPS) is 10.1. The third kappa shape index (κ3) is 11.5. The Balaban J connectivity index is 3.48. The highest BCUT2D eigenvalue weighted by molar-refractivity contribution is 6.44. The van der Waals surface area contributed by atoms with Crippen molar-refractivity contribution in [2.45, 2.75) is 30.5 Å². The third-order valence-corrected chi connectivity index (χ3v) is 1.97. The average Bonchev–Trinajstić information content (AvgIpc) is 2.29. The summed E-state index contributed by atoms with van der Waals surface area (Å²) < 4.78 is 9.55. The summed E-state index contributed by atoms with van der Waals surface area (Å²) in [6.07, 6.45) is 3.25. The van der Waals surface area contributed by atoms with Crippen LogP contribution in [0, 0.1) is 0 Å². The monoisotopic (exact) mass is 282 g/mol. The zero-order valence-electron chi connectivity index (χ0n) is 9.49. The molecule has 6 heteroatoms. The number of unbranched alkanes of at least 4 members (excludes halogenated alkanes) is 1. The first-order chi connectivity index (χ1) is 8.06. The van der Waals surface area contributed by atoms with Gasteiger partial charge in [-0.2, -0.15) is 0 Å². The van der Waals surface area contributed by atoms with Crippen LogP contribution in [-0.4, -0.2) is 30.0 Å². The quantitative estimate of drug-likeness (QED) is 0.282. The molecule has 0 radical (unpaired) electrons. The molecular weight excluding hydrogens is 267 g/mol. The first-order valence-corrected chi connectivity index (χ1v) is 6.14. The van der Waals surface area contributed by atoms with Gasteiger partial charge in [0.25, 0.3) is 0 Å². The lowest BCUT2D eigenvalue weighted by Crippen LogP contribution is -2.13. The van der Waals surface area contributed by atoms with E-state index in [1.165, 1.54) is 0 Å². The molecule has 0 aromatic heterocycles. The molecule has 98 valence electrons. The Labute approximate surface area is 111 Å². The number of hydrogen-bond acceptors (Lipinski definition) is 4. The Kier molecular flexibility index (Phi) is 9.96. The summed E-state index contributed by atoms with van der Waals surface area (Å²) in [5.74, 6) is -0.932. The van der Waals surface area contributed by atoms with Gasteiger partial charge in [0.2, 0.25) is 0 Å². The second-order valence-corrected chi connectivity index (χ2v) is 4.50. The van der Waals surface area contributed by atoms with Crippen LogP contribution in [0.4, 0.5) is 0 Å². The van der Waals surface area contributed by atoms with Gasteiger partial charge in [-0.15, -0.1) is 29.8 Å². The molecule has 0 unspecified atom stereocenters. The van der Waals surface area contributed by atoms with Crippen LogP contribution in [0.25, 0.3) is 0 Å². The first kappa shape index (κ1) is 16.3. The van der Waals surface area contributed by atoms with Crippen LogP contribution in [0.15, 0.2) is 12.7 Å². The van der Waals surface area contributed by atoms with Crippen LogP contribution >= 0.6 is 23.2 Å². The van der Waals surface area contributed by atoms with Crippen LogP contribution in [-0.2, 0) is 19.1 Å². The molecule has 0 N–H and O–H groups in total. The van der Waals surface area contributed by atoms with Crippen molar-refractivity contribution in [2.75, 3.05) is 13.2 Å². The Morgan fingerprint density at radius 2 is 1.76 bits per heavy atom. The number of ether oxygens (including phenoxy) is 2. The van der Waals surface area contributed by atoms with Gasteiger partial charge in [0.15, 0.2) is 0 Å². The van der Waals surface area contributed by atoms with Crippen LogP contribution in [0.5, 0.6) is 0 Å². The molecule has 0 aliphatic carbocycles. The smallest absolute Gasteiger partial charge is 0.306 e. The van der Waals surface area contributed by atoms with E-state index in [0.29, 0.717) is 6.61 Å². The fourth-order valence-electron chi connectivity index (χ4n) is 0.918. The van der Waals surface area contributed by atoms with Gasteiger partial charge in [-0.3, -0.25) is 9.59 Å². The molecule has 0 fully saturated rings. The molecule has 0 aromatic carbocycles. The Morgan fingerprint density at radius 3 is 2.29 bits per heavy atom. The zero-order valence-corrected chi connectivity index (χ0v) is 11.0. The summed E-state index contributed by atoms with van der Waals surface area (Å²) >= 11 is 10.7. The van der Waals surface area contributed by atoms with Crippen LogP contribution in [0.1, 0.15) is 25.7 Å². The minimum absolute atomic E-state index is 0.00214. The average molecular weight is 283 g/mol. The molecule has 0 aliphatic heterocycles. The number of esters is 2. The topological polar surface area (TPSA) is 52.6 Å². The minimum atomic E-state index is -0.746. The lowest BCUT2D eigenvalue weighted by atomic mass is 10.3. The van der Waals surface area contributed by atoms with Gasteiger partial charge in [0.1, 0.15) is 11.4 Å². The summed E-state index contributed by atoms with van der Waals surface area (Å²) in [5.41, 5.74) is 0. The van der Waals surface area contributed by atoms with Gasteiger partial charge < -0.3 is 9.47 Å². The third-order valence-electron chi connectivity index (χ3n) is 1.72. The number of carbonyl (C=O) groups is 2. The summed E-state index contributed by atoms with van der Waals surface area (Å²) in [6.45, 7) is 3.81. The second-order valence-electron chi connectivity index (χ2n) is 3.23. The number of allylic oxidation sites excluding steroid dienone is 1. The van der Waals surface area contributed by atoms with Crippen LogP contribution in [0.2, 0.25) is 0 Å². The zero-order chi connectivity index (χ0) is 13.1. The van der Waals surface area contributed by atoms with Crippen molar-refractivity contribution >= 4 is 35.1 Å². The van der Waals surface area contributed by atoms with Gasteiger partial charge in [-0.25, -0.2) is 0 Å². The van der Waals surface area contributed by atoms with E-state index in [-0.39, 0.29) is 19.4 Å². The molecule has 17 heavy (non-hydrogen) atoms. The lowest BCUT2D eigenvalue weighted by molar-refractivity contribution is -0.150. The standard InChI is InChI=1S/C11H16Cl2O4/c1-2-3-4-7-16-10(14)5-6-11(15)17-8-9(12)13/h2,9H,1,3-8H2. The first-order valence-electron chi connectivity index (χ1n) is 5.26. The maximum Gasteiger partial charge on any atom is 0.306 e. The number of rotatable bonds is 9. The summed E-state index contributed by atoms with van der Waals surface area (Å²) in [6, 6.07) is 0. The highest BCUT2D eigenvalue weighted by Gasteiger charge is 2.10. The van der Waals surface area contributed by atoms with E-state index in [9.17, 15) is 9.59 Å². The molecule has 0 heterocycles. The van der Waals surface area contributed by atoms with E-state index < -0.39 is 16.8 Å². The van der Waals surface area contributed by atoms with E-state index in [4.69, 9.17) is 27.9 Å². The van der Waals surface area contributed by atoms with Crippen LogP contribution in [0.3, 0.4) is 0 Å². The van der Waals surface area contributed by atoms with E-state index in [0.717, 1.165) is 12.8 Å². The largest absolute Gasteiger partial charge is 0.466 e. The van der Waals surface area contributed by atoms with Gasteiger partial charge in [-0.1, -0.05) is 6.08 Å². The fraction of sp³-hybridized carbons (Fsp3) is 0.636. The van der Waals surface area contributed by atoms with E-state index in [1.807, 2.05) is 0 Å². The molecule has 0 bridgehead atoms. The van der Waals surface area contributed by atoms with Gasteiger partial charge in [0, 0.05) is 0 Å². The molecule has 0 saturated heterocycles. The highest BCUT2D eigenvalue weighted by atomic mass is 35.5. The Hall–Kier alpha value is -0.740. The van der Waals surface area contributed by atoms with Crippen molar-refractivity contribution in [3.05, 3.63) is 12.7 Å². The van der Waals surface area contributed by atoms with Crippen molar-refractivity contribution < 1.29 is 19.1 Å². The fourth-order valence-corrected chi connectivity index (χ4v) is 1.04. The van der Waals surface area contributed by atoms with Gasteiger partial charge >= 0.3 is 11.9 Å². The Bertz CT molecular complexity index is 254. The predicted octanol–water partition coefficient (Wildman–Crippen LogP) is 2.62. The molecule has 0 rings (SSSR count). The lowest BCUT2D eigenvalue weighted by Gasteiger charge is -2.05. The van der Waals surface area contributed by atoms with Crippen molar-refractivity contribution in [3.8, 4) is 0 Å². The number of halogens is 2. The molecule has 0 aromatic rings. The molecule has 4 nitrogen and oxygen atoms in total. The van der Waals surface area contributed by atoms with Crippen LogP contribution < -0.4 is 0 Å². The van der Waals surface area contributed by atoms with E-state index in [1.54, 1.807) is 6.08 Å². The number of alkyl halides is 2. The maximum atomic E-state index is 11.1. The van der Waals surface area contributed by atoms with E-state index >= 15 is 0 Å². The molecule has 0 atom stereocenters. The summed E-state index contributed by atoms with van der Waals surface area (Å²) in [5, 5.41) is 0. The van der Waals surface area contributed by atoms with Crippen molar-refractivity contribution in [1.29, 1.82) is 0 Å².